The number of hydrogen-bond donors (Lipinski definition) is 1. The molecule has 0 unspecified atom stereocenters. The zero-order valence-electron chi connectivity index (χ0n) is 8.99. The lowest BCUT2D eigenvalue weighted by Crippen LogP contribution is -2.36. The highest BCUT2D eigenvalue weighted by Crippen LogP contribution is 2.11. The van der Waals surface area contributed by atoms with Gasteiger partial charge in [-0.05, 0) is 19.9 Å². The topological polar surface area (TPSA) is 45.2 Å². The summed E-state index contributed by atoms with van der Waals surface area (Å²) in [4.78, 5) is 16.6. The Morgan fingerprint density at radius 3 is 2.80 bits per heavy atom. The van der Waals surface area contributed by atoms with Crippen LogP contribution in [0.15, 0.2) is 18.5 Å². The lowest BCUT2D eigenvalue weighted by atomic mass is 10.3. The first-order chi connectivity index (χ1) is 7.02. The number of nitrogens with zero attached hydrogens (tertiary/aromatic N) is 2. The summed E-state index contributed by atoms with van der Waals surface area (Å²) in [5, 5.41) is 2.46. The molecule has 1 rings (SSSR count). The molecular formula is C10H14FN3O. The fourth-order valence-corrected chi connectivity index (χ4v) is 0.914. The van der Waals surface area contributed by atoms with E-state index in [1.165, 1.54) is 17.2 Å². The molecule has 0 atom stereocenters. The highest BCUT2D eigenvalue weighted by Gasteiger charge is 2.13. The first kappa shape index (κ1) is 11.4. The predicted octanol–water partition coefficient (Wildman–Crippen LogP) is 2.09. The van der Waals surface area contributed by atoms with E-state index in [1.807, 2.05) is 13.8 Å². The number of carbonyl (C=O) groups excluding carboxylic acids is 1. The third-order valence-electron chi connectivity index (χ3n) is 2.11. The Kier molecular flexibility index (Phi) is 3.60. The third-order valence-corrected chi connectivity index (χ3v) is 2.11. The minimum absolute atomic E-state index is 0.0647. The van der Waals surface area contributed by atoms with Gasteiger partial charge in [0.1, 0.15) is 0 Å². The normalized spacial score (nSPS) is 10.2. The van der Waals surface area contributed by atoms with Gasteiger partial charge in [0, 0.05) is 19.3 Å². The molecule has 4 nitrogen and oxygen atoms in total. The number of halogens is 1. The third kappa shape index (κ3) is 2.90. The zero-order valence-corrected chi connectivity index (χ0v) is 8.99. The number of rotatable bonds is 2. The number of aromatic nitrogens is 1. The van der Waals surface area contributed by atoms with E-state index in [4.69, 9.17) is 0 Å². The van der Waals surface area contributed by atoms with E-state index >= 15 is 0 Å². The lowest BCUT2D eigenvalue weighted by Gasteiger charge is -2.21. The molecule has 15 heavy (non-hydrogen) atoms. The van der Waals surface area contributed by atoms with Crippen molar-refractivity contribution in [1.82, 2.24) is 9.88 Å². The molecule has 0 aliphatic carbocycles. The first-order valence-electron chi connectivity index (χ1n) is 4.65. The van der Waals surface area contributed by atoms with Gasteiger partial charge in [0.15, 0.2) is 5.82 Å². The average Bonchev–Trinajstić information content (AvgIpc) is 2.20. The fraction of sp³-hybridized carbons (Fsp3) is 0.400. The number of pyridine rings is 1. The summed E-state index contributed by atoms with van der Waals surface area (Å²) < 4.78 is 13.1. The molecule has 1 aromatic heterocycles. The van der Waals surface area contributed by atoms with Gasteiger partial charge in [-0.25, -0.2) is 9.18 Å². The summed E-state index contributed by atoms with van der Waals surface area (Å²) in [6, 6.07) is 1.14. The minimum Gasteiger partial charge on any atom is -0.325 e. The van der Waals surface area contributed by atoms with E-state index in [9.17, 15) is 9.18 Å². The van der Waals surface area contributed by atoms with Gasteiger partial charge in [-0.3, -0.25) is 4.98 Å². The molecule has 1 aromatic rings. The SMILES string of the molecule is CC(C)N(C)C(=O)Nc1ccncc1F. The quantitative estimate of drug-likeness (QED) is 0.814. The van der Waals surface area contributed by atoms with Gasteiger partial charge in [0.25, 0.3) is 0 Å². The number of urea groups is 1. The number of carbonyl (C=O) groups is 1. The van der Waals surface area contributed by atoms with Crippen LogP contribution in [0.4, 0.5) is 14.9 Å². The van der Waals surface area contributed by atoms with Gasteiger partial charge < -0.3 is 10.2 Å². The summed E-state index contributed by atoms with van der Waals surface area (Å²) >= 11 is 0. The molecule has 5 heteroatoms. The molecule has 0 saturated carbocycles. The van der Waals surface area contributed by atoms with Crippen LogP contribution in [0, 0.1) is 5.82 Å². The van der Waals surface area contributed by atoms with Crippen molar-refractivity contribution in [3.63, 3.8) is 0 Å². The van der Waals surface area contributed by atoms with Gasteiger partial charge >= 0.3 is 6.03 Å². The van der Waals surface area contributed by atoms with E-state index in [0.29, 0.717) is 0 Å². The minimum atomic E-state index is -0.539. The first-order valence-corrected chi connectivity index (χ1v) is 4.65. The summed E-state index contributed by atoms with van der Waals surface area (Å²) in [6.07, 6.45) is 2.49. The van der Waals surface area contributed by atoms with Gasteiger partial charge in [0.2, 0.25) is 0 Å². The van der Waals surface area contributed by atoms with E-state index in [-0.39, 0.29) is 17.8 Å². The van der Waals surface area contributed by atoms with Crippen LogP contribution >= 0.6 is 0 Å². The molecular weight excluding hydrogens is 197 g/mol. The van der Waals surface area contributed by atoms with Crippen molar-refractivity contribution in [2.75, 3.05) is 12.4 Å². The van der Waals surface area contributed by atoms with Crippen LogP contribution in [0.5, 0.6) is 0 Å². The van der Waals surface area contributed by atoms with E-state index < -0.39 is 5.82 Å². The Balaban J connectivity index is 2.71. The van der Waals surface area contributed by atoms with Crippen LogP contribution in [0.2, 0.25) is 0 Å². The van der Waals surface area contributed by atoms with Gasteiger partial charge in [-0.2, -0.15) is 0 Å². The molecule has 1 N–H and O–H groups in total. The Labute approximate surface area is 88.1 Å². The van der Waals surface area contributed by atoms with Crippen LogP contribution < -0.4 is 5.32 Å². The van der Waals surface area contributed by atoms with Crippen LogP contribution in [-0.2, 0) is 0 Å². The van der Waals surface area contributed by atoms with Crippen molar-refractivity contribution in [2.24, 2.45) is 0 Å². The maximum Gasteiger partial charge on any atom is 0.321 e. The van der Waals surface area contributed by atoms with E-state index in [0.717, 1.165) is 6.20 Å². The molecule has 0 aliphatic heterocycles. The Morgan fingerprint density at radius 1 is 1.60 bits per heavy atom. The van der Waals surface area contributed by atoms with Crippen LogP contribution in [0.3, 0.4) is 0 Å². The zero-order chi connectivity index (χ0) is 11.4. The van der Waals surface area contributed by atoms with Gasteiger partial charge in [-0.15, -0.1) is 0 Å². The summed E-state index contributed by atoms with van der Waals surface area (Å²) in [6.45, 7) is 3.75. The average molecular weight is 211 g/mol. The standard InChI is InChI=1S/C10H14FN3O/c1-7(2)14(3)10(15)13-9-4-5-12-6-8(9)11/h4-7H,1-3H3,(H,12,13,15). The van der Waals surface area contributed by atoms with Crippen molar-refractivity contribution in [3.8, 4) is 0 Å². The molecule has 0 bridgehead atoms. The molecule has 0 aliphatic rings. The molecule has 0 saturated heterocycles. The highest BCUT2D eigenvalue weighted by molar-refractivity contribution is 5.89. The maximum absolute atomic E-state index is 13.1. The Hall–Kier alpha value is -1.65. The number of amides is 2. The number of anilines is 1. The molecule has 0 aromatic carbocycles. The summed E-state index contributed by atoms with van der Waals surface area (Å²) in [5.41, 5.74) is 0.141. The Morgan fingerprint density at radius 2 is 2.27 bits per heavy atom. The molecule has 82 valence electrons. The predicted molar refractivity (Wildman–Crippen MR) is 56.1 cm³/mol. The molecule has 1 heterocycles. The van der Waals surface area contributed by atoms with Crippen LogP contribution in [-0.4, -0.2) is 29.0 Å². The van der Waals surface area contributed by atoms with Crippen LogP contribution in [0.1, 0.15) is 13.8 Å². The monoisotopic (exact) mass is 211 g/mol. The van der Waals surface area contributed by atoms with Crippen LogP contribution in [0.25, 0.3) is 0 Å². The maximum atomic E-state index is 13.1. The molecule has 0 fully saturated rings. The van der Waals surface area contributed by atoms with E-state index in [2.05, 4.69) is 10.3 Å². The molecule has 0 radical (unpaired) electrons. The highest BCUT2D eigenvalue weighted by atomic mass is 19.1. The second-order valence-corrected chi connectivity index (χ2v) is 3.49. The van der Waals surface area contributed by atoms with Crippen molar-refractivity contribution >= 4 is 11.7 Å². The van der Waals surface area contributed by atoms with Crippen molar-refractivity contribution < 1.29 is 9.18 Å². The lowest BCUT2D eigenvalue weighted by molar-refractivity contribution is 0.211. The summed E-state index contributed by atoms with van der Waals surface area (Å²) in [7, 11) is 1.65. The smallest absolute Gasteiger partial charge is 0.321 e. The Bertz CT molecular complexity index is 354. The van der Waals surface area contributed by atoms with Crippen molar-refractivity contribution in [3.05, 3.63) is 24.3 Å². The summed E-state index contributed by atoms with van der Waals surface area (Å²) in [5.74, 6) is -0.539. The number of hydrogen-bond acceptors (Lipinski definition) is 2. The van der Waals surface area contributed by atoms with Gasteiger partial charge in [-0.1, -0.05) is 0 Å². The second kappa shape index (κ2) is 4.72. The second-order valence-electron chi connectivity index (χ2n) is 3.49. The number of nitrogens with one attached hydrogen (secondary N) is 1. The van der Waals surface area contributed by atoms with Crippen molar-refractivity contribution in [1.29, 1.82) is 0 Å². The fourth-order valence-electron chi connectivity index (χ4n) is 0.914. The van der Waals surface area contributed by atoms with E-state index in [1.54, 1.807) is 7.05 Å². The van der Waals surface area contributed by atoms with Gasteiger partial charge in [0.05, 0.1) is 11.9 Å². The van der Waals surface area contributed by atoms with Crippen molar-refractivity contribution in [2.45, 2.75) is 19.9 Å². The molecule has 0 spiro atoms. The molecule has 2 amide bonds. The largest absolute Gasteiger partial charge is 0.325 e.